The van der Waals surface area contributed by atoms with Crippen LogP contribution in [0.4, 0.5) is 0 Å². The first kappa shape index (κ1) is 10.3. The highest BCUT2D eigenvalue weighted by molar-refractivity contribution is 5.70. The van der Waals surface area contributed by atoms with Gasteiger partial charge in [-0.3, -0.25) is 0 Å². The highest BCUT2D eigenvalue weighted by Crippen LogP contribution is 2.16. The van der Waals surface area contributed by atoms with Crippen LogP contribution in [-0.4, -0.2) is 24.9 Å². The van der Waals surface area contributed by atoms with E-state index in [0.717, 1.165) is 0 Å². The fourth-order valence-electron chi connectivity index (χ4n) is 0.798. The first-order chi connectivity index (χ1) is 6.76. The predicted molar refractivity (Wildman–Crippen MR) is 47.2 cm³/mol. The molecule has 1 aromatic rings. The third kappa shape index (κ3) is 2.95. The molecule has 5 heteroatoms. The Morgan fingerprint density at radius 1 is 1.29 bits per heavy atom. The molecular weight excluding hydrogens is 188 g/mol. The lowest BCUT2D eigenvalue weighted by atomic mass is 10.3. The van der Waals surface area contributed by atoms with E-state index >= 15 is 0 Å². The summed E-state index contributed by atoms with van der Waals surface area (Å²) >= 11 is 0. The van der Waals surface area contributed by atoms with E-state index in [4.69, 9.17) is 9.99 Å². The Morgan fingerprint density at radius 3 is 2.36 bits per heavy atom. The van der Waals surface area contributed by atoms with Crippen LogP contribution in [0.15, 0.2) is 24.3 Å². The summed E-state index contributed by atoms with van der Waals surface area (Å²) < 4.78 is 9.43. The van der Waals surface area contributed by atoms with Gasteiger partial charge in [-0.1, -0.05) is 0 Å². The van der Waals surface area contributed by atoms with E-state index in [1.165, 1.54) is 19.2 Å². The molecule has 0 fully saturated rings. The molecule has 0 radical (unpaired) electrons. The van der Waals surface area contributed by atoms with E-state index in [9.17, 15) is 4.79 Å². The molecule has 1 N–H and O–H groups in total. The van der Waals surface area contributed by atoms with Crippen molar-refractivity contribution in [2.75, 3.05) is 13.7 Å². The number of carbonyl (C=O) groups is 1. The maximum Gasteiger partial charge on any atom is 0.343 e. The third-order valence-corrected chi connectivity index (χ3v) is 1.51. The molecule has 0 heterocycles. The molecule has 1 aromatic carbocycles. The van der Waals surface area contributed by atoms with Crippen LogP contribution in [0, 0.1) is 0 Å². The first-order valence-electron chi connectivity index (χ1n) is 3.87. The lowest BCUT2D eigenvalue weighted by Gasteiger charge is -2.04. The van der Waals surface area contributed by atoms with Crippen LogP contribution in [-0.2, 0) is 9.53 Å². The summed E-state index contributed by atoms with van der Waals surface area (Å²) in [5, 5.41) is 8.27. The largest absolute Gasteiger partial charge is 0.482 e. The fraction of sp³-hybridized carbons (Fsp3) is 0.222. The molecule has 1 rings (SSSR count). The number of benzene rings is 1. The molecule has 0 amide bonds. The van der Waals surface area contributed by atoms with Gasteiger partial charge in [-0.25, -0.2) is 10.1 Å². The molecule has 0 spiro atoms. The monoisotopic (exact) mass is 198 g/mol. The van der Waals surface area contributed by atoms with Crippen LogP contribution in [0.1, 0.15) is 0 Å². The third-order valence-electron chi connectivity index (χ3n) is 1.51. The number of carbonyl (C=O) groups excluding carboxylic acids is 1. The summed E-state index contributed by atoms with van der Waals surface area (Å²) in [6.07, 6.45) is 0. The summed E-state index contributed by atoms with van der Waals surface area (Å²) in [5.74, 6) is 0.346. The predicted octanol–water partition coefficient (Wildman–Crippen LogP) is 1.09. The van der Waals surface area contributed by atoms with Crippen LogP contribution < -0.4 is 9.62 Å². The van der Waals surface area contributed by atoms with E-state index in [1.54, 1.807) is 12.1 Å². The van der Waals surface area contributed by atoms with E-state index < -0.39 is 5.97 Å². The zero-order chi connectivity index (χ0) is 10.4. The van der Waals surface area contributed by atoms with Crippen LogP contribution in [0.25, 0.3) is 0 Å². The van der Waals surface area contributed by atoms with Crippen molar-refractivity contribution in [2.24, 2.45) is 0 Å². The fourth-order valence-corrected chi connectivity index (χ4v) is 0.798. The molecule has 14 heavy (non-hydrogen) atoms. The van der Waals surface area contributed by atoms with E-state index in [-0.39, 0.29) is 6.61 Å². The van der Waals surface area contributed by atoms with Crippen molar-refractivity contribution >= 4 is 5.97 Å². The normalized spacial score (nSPS) is 9.29. The molecular formula is C9H10O5. The van der Waals surface area contributed by atoms with Crippen molar-refractivity contribution < 1.29 is 24.4 Å². The van der Waals surface area contributed by atoms with Crippen molar-refractivity contribution in [2.45, 2.75) is 0 Å². The molecule has 5 nitrogen and oxygen atoms in total. The van der Waals surface area contributed by atoms with Crippen LogP contribution in [0.5, 0.6) is 11.5 Å². The number of hydrogen-bond donors (Lipinski definition) is 1. The Bertz CT molecular complexity index is 293. The zero-order valence-corrected chi connectivity index (χ0v) is 7.60. The molecule has 0 aliphatic heterocycles. The minimum Gasteiger partial charge on any atom is -0.482 e. The first-order valence-corrected chi connectivity index (χ1v) is 3.87. The Balaban J connectivity index is 2.47. The van der Waals surface area contributed by atoms with Crippen molar-refractivity contribution in [1.82, 2.24) is 0 Å². The standard InChI is InChI=1S/C9H10O5/c1-12-9(10)6-13-7-2-4-8(14-11)5-3-7/h2-5,11H,6H2,1H3. The lowest BCUT2D eigenvalue weighted by molar-refractivity contribution is -0.143. The van der Waals surface area contributed by atoms with Gasteiger partial charge in [0.25, 0.3) is 0 Å². The quantitative estimate of drug-likeness (QED) is 0.445. The lowest BCUT2D eigenvalue weighted by Crippen LogP contribution is -2.12. The topological polar surface area (TPSA) is 65.0 Å². The Labute approximate surface area is 80.8 Å². The van der Waals surface area contributed by atoms with Gasteiger partial charge >= 0.3 is 5.97 Å². The van der Waals surface area contributed by atoms with Gasteiger partial charge in [0.2, 0.25) is 0 Å². The average molecular weight is 198 g/mol. The SMILES string of the molecule is COC(=O)COc1ccc(OO)cc1. The zero-order valence-electron chi connectivity index (χ0n) is 7.60. The number of ether oxygens (including phenoxy) is 2. The van der Waals surface area contributed by atoms with E-state index in [1.807, 2.05) is 0 Å². The molecule has 0 atom stereocenters. The van der Waals surface area contributed by atoms with Gasteiger partial charge in [-0.05, 0) is 24.3 Å². The van der Waals surface area contributed by atoms with Gasteiger partial charge in [-0.2, -0.15) is 0 Å². The molecule has 0 saturated heterocycles. The van der Waals surface area contributed by atoms with Gasteiger partial charge in [-0.15, -0.1) is 0 Å². The maximum atomic E-state index is 10.7. The number of rotatable bonds is 4. The molecule has 0 aliphatic rings. The van der Waals surface area contributed by atoms with Crippen molar-refractivity contribution in [3.63, 3.8) is 0 Å². The molecule has 0 aliphatic carbocycles. The Kier molecular flexibility index (Phi) is 3.75. The van der Waals surface area contributed by atoms with Crippen molar-refractivity contribution in [3.05, 3.63) is 24.3 Å². The molecule has 0 bridgehead atoms. The van der Waals surface area contributed by atoms with Gasteiger partial charge in [0.15, 0.2) is 12.4 Å². The molecule has 0 aromatic heterocycles. The molecule has 0 unspecified atom stereocenters. The molecule has 76 valence electrons. The van der Waals surface area contributed by atoms with E-state index in [0.29, 0.717) is 11.5 Å². The minimum atomic E-state index is -0.451. The average Bonchev–Trinajstić information content (AvgIpc) is 2.26. The summed E-state index contributed by atoms with van der Waals surface area (Å²) in [6.45, 7) is -0.143. The number of hydrogen-bond acceptors (Lipinski definition) is 5. The van der Waals surface area contributed by atoms with Gasteiger partial charge in [0, 0.05) is 0 Å². The minimum absolute atomic E-state index is 0.143. The van der Waals surface area contributed by atoms with Gasteiger partial charge in [0.05, 0.1) is 7.11 Å². The Morgan fingerprint density at radius 2 is 1.86 bits per heavy atom. The van der Waals surface area contributed by atoms with Gasteiger partial charge < -0.3 is 14.4 Å². The Hall–Kier alpha value is -1.75. The highest BCUT2D eigenvalue weighted by atomic mass is 17.1. The second-order valence-electron chi connectivity index (χ2n) is 2.43. The highest BCUT2D eigenvalue weighted by Gasteiger charge is 2.01. The molecule has 0 saturated carbocycles. The van der Waals surface area contributed by atoms with Crippen LogP contribution >= 0.6 is 0 Å². The summed E-state index contributed by atoms with van der Waals surface area (Å²) in [5.41, 5.74) is 0. The maximum absolute atomic E-state index is 10.7. The van der Waals surface area contributed by atoms with Gasteiger partial charge in [0.1, 0.15) is 5.75 Å². The van der Waals surface area contributed by atoms with Crippen molar-refractivity contribution in [1.29, 1.82) is 0 Å². The van der Waals surface area contributed by atoms with Crippen LogP contribution in [0.2, 0.25) is 0 Å². The van der Waals surface area contributed by atoms with E-state index in [2.05, 4.69) is 9.62 Å². The second kappa shape index (κ2) is 5.08. The number of methoxy groups -OCH3 is 1. The summed E-state index contributed by atoms with van der Waals surface area (Å²) in [7, 11) is 1.29. The second-order valence-corrected chi connectivity index (χ2v) is 2.43. The van der Waals surface area contributed by atoms with Crippen molar-refractivity contribution in [3.8, 4) is 11.5 Å². The van der Waals surface area contributed by atoms with Crippen LogP contribution in [0.3, 0.4) is 0 Å². The summed E-state index contributed by atoms with van der Waals surface area (Å²) in [6, 6.07) is 6.14. The smallest absolute Gasteiger partial charge is 0.343 e. The number of esters is 1. The summed E-state index contributed by atoms with van der Waals surface area (Å²) in [4.78, 5) is 14.7.